The van der Waals surface area contributed by atoms with Gasteiger partial charge < -0.3 is 10.5 Å². The van der Waals surface area contributed by atoms with Crippen LogP contribution in [0.5, 0.6) is 5.75 Å². The largest absolute Gasteiger partial charge is 0.486 e. The van der Waals surface area contributed by atoms with Crippen molar-refractivity contribution in [3.05, 3.63) is 45.9 Å². The number of benzene rings is 1. The van der Waals surface area contributed by atoms with Crippen molar-refractivity contribution in [1.82, 2.24) is 4.98 Å². The summed E-state index contributed by atoms with van der Waals surface area (Å²) < 4.78 is 5.64. The Morgan fingerprint density at radius 2 is 2.31 bits per heavy atom. The molecule has 2 N–H and O–H groups in total. The van der Waals surface area contributed by atoms with E-state index < -0.39 is 0 Å². The van der Waals surface area contributed by atoms with Crippen molar-refractivity contribution in [1.29, 1.82) is 0 Å². The molecule has 84 valence electrons. The highest BCUT2D eigenvalue weighted by molar-refractivity contribution is 7.09. The van der Waals surface area contributed by atoms with Gasteiger partial charge in [-0.3, -0.25) is 0 Å². The molecule has 0 aliphatic carbocycles. The van der Waals surface area contributed by atoms with Crippen molar-refractivity contribution < 1.29 is 4.74 Å². The summed E-state index contributed by atoms with van der Waals surface area (Å²) in [5.74, 6) is 0.843. The van der Waals surface area contributed by atoms with Crippen LogP contribution in [0.15, 0.2) is 29.6 Å². The summed E-state index contributed by atoms with van der Waals surface area (Å²) in [7, 11) is 0. The normalized spacial score (nSPS) is 10.4. The van der Waals surface area contributed by atoms with Crippen LogP contribution in [-0.4, -0.2) is 4.98 Å². The molecule has 0 aliphatic rings. The maximum Gasteiger partial charge on any atom is 0.140 e. The Bertz CT molecular complexity index is 468. The summed E-state index contributed by atoms with van der Waals surface area (Å²) in [5.41, 5.74) is 7.68. The van der Waals surface area contributed by atoms with E-state index in [-0.39, 0.29) is 0 Å². The van der Waals surface area contributed by atoms with E-state index in [0.717, 1.165) is 22.0 Å². The van der Waals surface area contributed by atoms with Crippen LogP contribution in [0.1, 0.15) is 16.3 Å². The topological polar surface area (TPSA) is 48.1 Å². The van der Waals surface area contributed by atoms with Gasteiger partial charge in [0.25, 0.3) is 0 Å². The third-order valence-electron chi connectivity index (χ3n) is 2.16. The lowest BCUT2D eigenvalue weighted by Crippen LogP contribution is -1.98. The summed E-state index contributed by atoms with van der Waals surface area (Å²) in [6.45, 7) is 3.04. The first-order valence-corrected chi connectivity index (χ1v) is 5.98. The highest BCUT2D eigenvalue weighted by Crippen LogP contribution is 2.16. The molecule has 2 aromatic rings. The fraction of sp³-hybridized carbons (Fsp3) is 0.250. The molecule has 2 rings (SSSR count). The fourth-order valence-electron chi connectivity index (χ4n) is 1.38. The minimum absolute atomic E-state index is 0.520. The Kier molecular flexibility index (Phi) is 3.54. The average Bonchev–Trinajstić information content (AvgIpc) is 2.73. The lowest BCUT2D eigenvalue weighted by molar-refractivity contribution is 0.305. The fourth-order valence-corrected chi connectivity index (χ4v) is 2.06. The highest BCUT2D eigenvalue weighted by atomic mass is 32.1. The number of ether oxygens (including phenoxy) is 1. The third-order valence-corrected chi connectivity index (χ3v) is 3.10. The molecule has 0 unspecified atom stereocenters. The van der Waals surface area contributed by atoms with Gasteiger partial charge in [-0.1, -0.05) is 12.1 Å². The first kappa shape index (κ1) is 11.1. The van der Waals surface area contributed by atoms with Crippen molar-refractivity contribution >= 4 is 11.3 Å². The van der Waals surface area contributed by atoms with Gasteiger partial charge in [-0.05, 0) is 24.6 Å². The molecular formula is C12H14N2OS. The van der Waals surface area contributed by atoms with Crippen molar-refractivity contribution in [3.8, 4) is 5.75 Å². The van der Waals surface area contributed by atoms with Gasteiger partial charge in [0.2, 0.25) is 0 Å². The Morgan fingerprint density at radius 3 is 3.00 bits per heavy atom. The predicted molar refractivity (Wildman–Crippen MR) is 65.5 cm³/mol. The van der Waals surface area contributed by atoms with Gasteiger partial charge in [0.1, 0.15) is 17.4 Å². The summed E-state index contributed by atoms with van der Waals surface area (Å²) in [4.78, 5) is 4.34. The maximum absolute atomic E-state index is 5.64. The Morgan fingerprint density at radius 1 is 1.44 bits per heavy atom. The second-order valence-electron chi connectivity index (χ2n) is 3.52. The molecule has 0 amide bonds. The van der Waals surface area contributed by atoms with E-state index in [1.54, 1.807) is 11.3 Å². The second-order valence-corrected chi connectivity index (χ2v) is 4.47. The third kappa shape index (κ3) is 2.81. The Balaban J connectivity index is 1.99. The first-order chi connectivity index (χ1) is 7.78. The number of rotatable bonds is 4. The molecule has 0 aliphatic heterocycles. The number of aromatic nitrogens is 1. The van der Waals surface area contributed by atoms with Crippen LogP contribution < -0.4 is 10.5 Å². The zero-order chi connectivity index (χ0) is 11.4. The van der Waals surface area contributed by atoms with Crippen LogP contribution >= 0.6 is 11.3 Å². The van der Waals surface area contributed by atoms with E-state index in [9.17, 15) is 0 Å². The van der Waals surface area contributed by atoms with Gasteiger partial charge >= 0.3 is 0 Å². The summed E-state index contributed by atoms with van der Waals surface area (Å²) >= 11 is 1.62. The molecule has 1 aromatic carbocycles. The molecule has 1 heterocycles. The van der Waals surface area contributed by atoms with Gasteiger partial charge in [0, 0.05) is 17.6 Å². The van der Waals surface area contributed by atoms with Gasteiger partial charge in [0.15, 0.2) is 0 Å². The number of aryl methyl sites for hydroxylation is 1. The minimum Gasteiger partial charge on any atom is -0.486 e. The van der Waals surface area contributed by atoms with Crippen molar-refractivity contribution in [3.63, 3.8) is 0 Å². The van der Waals surface area contributed by atoms with Crippen molar-refractivity contribution in [2.24, 2.45) is 5.73 Å². The van der Waals surface area contributed by atoms with Gasteiger partial charge in [-0.25, -0.2) is 4.98 Å². The van der Waals surface area contributed by atoms with Crippen LogP contribution in [0.25, 0.3) is 0 Å². The van der Waals surface area contributed by atoms with E-state index >= 15 is 0 Å². The minimum atomic E-state index is 0.520. The van der Waals surface area contributed by atoms with Crippen LogP contribution in [0, 0.1) is 6.92 Å². The number of hydrogen-bond acceptors (Lipinski definition) is 4. The first-order valence-electron chi connectivity index (χ1n) is 5.11. The molecule has 0 atom stereocenters. The molecule has 16 heavy (non-hydrogen) atoms. The highest BCUT2D eigenvalue weighted by Gasteiger charge is 2.00. The van der Waals surface area contributed by atoms with Crippen LogP contribution in [0.2, 0.25) is 0 Å². The molecule has 3 nitrogen and oxygen atoms in total. The van der Waals surface area contributed by atoms with Crippen LogP contribution in [0.4, 0.5) is 0 Å². The molecule has 0 radical (unpaired) electrons. The van der Waals surface area contributed by atoms with E-state index in [1.165, 1.54) is 0 Å². The molecule has 4 heteroatoms. The standard InChI is InChI=1S/C12H14N2OS/c1-9-8-16-12(14-9)7-15-11-4-2-3-10(5-11)6-13/h2-5,8H,6-7,13H2,1H3. The van der Waals surface area contributed by atoms with Crippen molar-refractivity contribution in [2.75, 3.05) is 0 Å². The molecular weight excluding hydrogens is 220 g/mol. The molecule has 0 saturated heterocycles. The van der Waals surface area contributed by atoms with Gasteiger partial charge in [-0.15, -0.1) is 11.3 Å². The molecule has 0 fully saturated rings. The molecule has 1 aromatic heterocycles. The van der Waals surface area contributed by atoms with E-state index in [4.69, 9.17) is 10.5 Å². The number of hydrogen-bond donors (Lipinski definition) is 1. The summed E-state index contributed by atoms with van der Waals surface area (Å²) in [6.07, 6.45) is 0. The second kappa shape index (κ2) is 5.09. The lowest BCUT2D eigenvalue weighted by atomic mass is 10.2. The number of thiazole rings is 1. The van der Waals surface area contributed by atoms with Crippen LogP contribution in [0.3, 0.4) is 0 Å². The zero-order valence-corrected chi connectivity index (χ0v) is 9.96. The SMILES string of the molecule is Cc1csc(COc2cccc(CN)c2)n1. The monoisotopic (exact) mass is 234 g/mol. The molecule has 0 bridgehead atoms. The Labute approximate surface area is 98.9 Å². The molecule has 0 spiro atoms. The smallest absolute Gasteiger partial charge is 0.140 e. The van der Waals surface area contributed by atoms with E-state index in [2.05, 4.69) is 4.98 Å². The quantitative estimate of drug-likeness (QED) is 0.884. The summed E-state index contributed by atoms with van der Waals surface area (Å²) in [6, 6.07) is 7.82. The number of nitrogens with two attached hydrogens (primary N) is 1. The maximum atomic E-state index is 5.64. The van der Waals surface area contributed by atoms with E-state index in [0.29, 0.717) is 13.2 Å². The van der Waals surface area contributed by atoms with Crippen molar-refractivity contribution in [2.45, 2.75) is 20.1 Å². The molecule has 0 saturated carbocycles. The Hall–Kier alpha value is -1.39. The van der Waals surface area contributed by atoms with Gasteiger partial charge in [-0.2, -0.15) is 0 Å². The van der Waals surface area contributed by atoms with E-state index in [1.807, 2.05) is 36.6 Å². The summed E-state index contributed by atoms with van der Waals surface area (Å²) in [5, 5.41) is 3.02. The van der Waals surface area contributed by atoms with Crippen LogP contribution in [-0.2, 0) is 13.2 Å². The number of nitrogens with zero attached hydrogens (tertiary/aromatic N) is 1. The zero-order valence-electron chi connectivity index (χ0n) is 9.14. The lowest BCUT2D eigenvalue weighted by Gasteiger charge is -2.05. The average molecular weight is 234 g/mol. The van der Waals surface area contributed by atoms with Gasteiger partial charge in [0.05, 0.1) is 0 Å². The predicted octanol–water partition coefficient (Wildman–Crippen LogP) is 2.49.